The zero-order chi connectivity index (χ0) is 14.8. The molecule has 3 rings (SSSR count). The highest BCUT2D eigenvalue weighted by Crippen LogP contribution is 2.32. The number of nitrogens with one attached hydrogen (secondary N) is 2. The normalized spacial score (nSPS) is 27.8. The van der Waals surface area contributed by atoms with Gasteiger partial charge in [-0.25, -0.2) is 0 Å². The van der Waals surface area contributed by atoms with Crippen LogP contribution in [-0.2, 0) is 4.79 Å². The summed E-state index contributed by atoms with van der Waals surface area (Å²) in [5, 5.41) is 7.42. The van der Waals surface area contributed by atoms with Gasteiger partial charge in [-0.2, -0.15) is 0 Å². The lowest BCUT2D eigenvalue weighted by Gasteiger charge is -2.29. The summed E-state index contributed by atoms with van der Waals surface area (Å²) in [5.41, 5.74) is 0.984. The van der Waals surface area contributed by atoms with Crippen LogP contribution in [0.3, 0.4) is 0 Å². The summed E-state index contributed by atoms with van der Waals surface area (Å²) in [6.07, 6.45) is 5.48. The van der Waals surface area contributed by atoms with Gasteiger partial charge in [-0.1, -0.05) is 29.8 Å². The molecule has 0 aliphatic carbocycles. The lowest BCUT2D eigenvalue weighted by Crippen LogP contribution is -2.40. The number of carbonyl (C=O) groups excluding carboxylic acids is 1. The summed E-state index contributed by atoms with van der Waals surface area (Å²) < 4.78 is 0. The topological polar surface area (TPSA) is 41.1 Å². The molecule has 2 fully saturated rings. The van der Waals surface area contributed by atoms with Crippen molar-refractivity contribution in [1.29, 1.82) is 0 Å². The summed E-state index contributed by atoms with van der Waals surface area (Å²) in [7, 11) is 0. The lowest BCUT2D eigenvalue weighted by atomic mass is 9.89. The van der Waals surface area contributed by atoms with E-state index in [0.29, 0.717) is 29.4 Å². The maximum atomic E-state index is 12.3. The van der Waals surface area contributed by atoms with Crippen molar-refractivity contribution in [2.75, 3.05) is 0 Å². The number of hydrogen-bond acceptors (Lipinski definition) is 2. The zero-order valence-electron chi connectivity index (χ0n) is 12.8. The van der Waals surface area contributed by atoms with Crippen molar-refractivity contribution in [3.05, 3.63) is 34.9 Å². The van der Waals surface area contributed by atoms with Crippen molar-refractivity contribution in [2.45, 2.75) is 57.2 Å². The number of rotatable bonds is 4. The first-order chi connectivity index (χ1) is 10.1. The molecule has 5 heteroatoms. The quantitative estimate of drug-likeness (QED) is 0.872. The first-order valence-electron chi connectivity index (χ1n) is 7.91. The van der Waals surface area contributed by atoms with Crippen LogP contribution in [0.1, 0.15) is 50.6 Å². The van der Waals surface area contributed by atoms with Crippen LogP contribution in [0.25, 0.3) is 0 Å². The van der Waals surface area contributed by atoms with Gasteiger partial charge in [-0.3, -0.25) is 4.79 Å². The van der Waals surface area contributed by atoms with Crippen LogP contribution >= 0.6 is 24.0 Å². The molecule has 0 spiro atoms. The van der Waals surface area contributed by atoms with E-state index in [2.05, 4.69) is 10.6 Å². The summed E-state index contributed by atoms with van der Waals surface area (Å²) in [4.78, 5) is 12.3. The highest BCUT2D eigenvalue weighted by atomic mass is 35.5. The van der Waals surface area contributed by atoms with E-state index in [4.69, 9.17) is 11.6 Å². The summed E-state index contributed by atoms with van der Waals surface area (Å²) in [6, 6.07) is 8.94. The van der Waals surface area contributed by atoms with E-state index in [0.717, 1.165) is 18.4 Å². The minimum absolute atomic E-state index is 0. The smallest absolute Gasteiger partial charge is 0.220 e. The number of amides is 1. The molecule has 1 aromatic rings. The molecule has 2 bridgehead atoms. The van der Waals surface area contributed by atoms with E-state index < -0.39 is 0 Å². The predicted molar refractivity (Wildman–Crippen MR) is 92.5 cm³/mol. The minimum atomic E-state index is -0.0374. The second-order valence-electron chi connectivity index (χ2n) is 6.49. The van der Waals surface area contributed by atoms with Crippen LogP contribution < -0.4 is 10.6 Å². The van der Waals surface area contributed by atoms with E-state index in [1.54, 1.807) is 0 Å². The second kappa shape index (κ2) is 7.67. The van der Waals surface area contributed by atoms with E-state index >= 15 is 0 Å². The molecular weight excluding hydrogens is 319 g/mol. The fourth-order valence-corrected chi connectivity index (χ4v) is 4.11. The Bertz CT molecular complexity index is 511. The number of benzene rings is 1. The van der Waals surface area contributed by atoms with Gasteiger partial charge in [0.05, 0.1) is 6.04 Å². The molecule has 2 saturated heterocycles. The van der Waals surface area contributed by atoms with Crippen molar-refractivity contribution in [1.82, 2.24) is 10.6 Å². The third-order valence-corrected chi connectivity index (χ3v) is 5.14. The SMILES string of the molecule is CC(NC(=O)CC1CC2CCC(C1)N2)c1ccccc1Cl.Cl. The Labute approximate surface area is 143 Å². The highest BCUT2D eigenvalue weighted by Gasteiger charge is 2.34. The van der Waals surface area contributed by atoms with E-state index in [1.165, 1.54) is 12.8 Å². The van der Waals surface area contributed by atoms with Gasteiger partial charge in [0.25, 0.3) is 0 Å². The monoisotopic (exact) mass is 342 g/mol. The number of carbonyl (C=O) groups is 1. The fraction of sp³-hybridized carbons (Fsp3) is 0.588. The fourth-order valence-electron chi connectivity index (χ4n) is 3.81. The first-order valence-corrected chi connectivity index (χ1v) is 8.29. The Morgan fingerprint density at radius 2 is 1.95 bits per heavy atom. The Hall–Kier alpha value is -0.770. The predicted octanol–water partition coefficient (Wildman–Crippen LogP) is 3.86. The molecule has 3 nitrogen and oxygen atoms in total. The summed E-state index contributed by atoms with van der Waals surface area (Å²) in [5.74, 6) is 0.677. The number of fused-ring (bicyclic) bond motifs is 2. The first kappa shape index (κ1) is 17.6. The third-order valence-electron chi connectivity index (χ3n) is 4.79. The molecule has 3 atom stereocenters. The molecule has 2 heterocycles. The molecular formula is C17H24Cl2N2O. The number of halogens is 2. The molecule has 122 valence electrons. The average Bonchev–Trinajstić information content (AvgIpc) is 2.78. The van der Waals surface area contributed by atoms with Crippen LogP contribution in [0.2, 0.25) is 5.02 Å². The molecule has 2 N–H and O–H groups in total. The van der Waals surface area contributed by atoms with Crippen molar-refractivity contribution in [3.8, 4) is 0 Å². The van der Waals surface area contributed by atoms with Gasteiger partial charge in [-0.15, -0.1) is 12.4 Å². The Kier molecular flexibility index (Phi) is 6.13. The van der Waals surface area contributed by atoms with Gasteiger partial charge in [0.2, 0.25) is 5.91 Å². The van der Waals surface area contributed by atoms with Crippen LogP contribution in [-0.4, -0.2) is 18.0 Å². The summed E-state index contributed by atoms with van der Waals surface area (Å²) in [6.45, 7) is 1.99. The van der Waals surface area contributed by atoms with E-state index in [1.807, 2.05) is 31.2 Å². The standard InChI is InChI=1S/C17H23ClN2O.ClH/c1-11(15-4-2-3-5-16(15)18)19-17(21)10-12-8-13-6-7-14(9-12)20-13;/h2-5,11-14,20H,6-10H2,1H3,(H,19,21);1H. The van der Waals surface area contributed by atoms with E-state index in [9.17, 15) is 4.79 Å². The second-order valence-corrected chi connectivity index (χ2v) is 6.90. The number of piperidine rings is 1. The molecule has 0 saturated carbocycles. The highest BCUT2D eigenvalue weighted by molar-refractivity contribution is 6.31. The van der Waals surface area contributed by atoms with Gasteiger partial charge < -0.3 is 10.6 Å². The van der Waals surface area contributed by atoms with Gasteiger partial charge >= 0.3 is 0 Å². The molecule has 1 amide bonds. The van der Waals surface area contributed by atoms with Gasteiger partial charge in [-0.05, 0) is 50.2 Å². The van der Waals surface area contributed by atoms with Gasteiger partial charge in [0.15, 0.2) is 0 Å². The molecule has 2 aliphatic rings. The minimum Gasteiger partial charge on any atom is -0.350 e. The Balaban J connectivity index is 0.00000176. The van der Waals surface area contributed by atoms with Crippen LogP contribution in [0.4, 0.5) is 0 Å². The van der Waals surface area contributed by atoms with Crippen molar-refractivity contribution in [2.24, 2.45) is 5.92 Å². The lowest BCUT2D eigenvalue weighted by molar-refractivity contribution is -0.122. The maximum Gasteiger partial charge on any atom is 0.220 e. The molecule has 1 aromatic carbocycles. The zero-order valence-corrected chi connectivity index (χ0v) is 14.4. The molecule has 22 heavy (non-hydrogen) atoms. The Morgan fingerprint density at radius 1 is 1.32 bits per heavy atom. The van der Waals surface area contributed by atoms with Crippen molar-refractivity contribution in [3.63, 3.8) is 0 Å². The molecule has 0 aromatic heterocycles. The third kappa shape index (κ3) is 4.15. The van der Waals surface area contributed by atoms with Crippen molar-refractivity contribution < 1.29 is 4.79 Å². The largest absolute Gasteiger partial charge is 0.350 e. The molecule has 0 radical (unpaired) electrons. The number of hydrogen-bond donors (Lipinski definition) is 2. The average molecular weight is 343 g/mol. The van der Waals surface area contributed by atoms with Crippen LogP contribution in [0.15, 0.2) is 24.3 Å². The Morgan fingerprint density at radius 3 is 2.59 bits per heavy atom. The van der Waals surface area contributed by atoms with Crippen LogP contribution in [0.5, 0.6) is 0 Å². The van der Waals surface area contributed by atoms with E-state index in [-0.39, 0.29) is 24.4 Å². The van der Waals surface area contributed by atoms with Crippen molar-refractivity contribution >= 4 is 29.9 Å². The molecule has 2 aliphatic heterocycles. The summed E-state index contributed by atoms with van der Waals surface area (Å²) >= 11 is 6.18. The van der Waals surface area contributed by atoms with Crippen LogP contribution in [0, 0.1) is 5.92 Å². The van der Waals surface area contributed by atoms with Gasteiger partial charge in [0, 0.05) is 23.5 Å². The molecule has 3 unspecified atom stereocenters. The van der Waals surface area contributed by atoms with Gasteiger partial charge in [0.1, 0.15) is 0 Å². The maximum absolute atomic E-state index is 12.3.